The number of fused-ring (bicyclic) bond motifs is 1. The van der Waals surface area contributed by atoms with Crippen molar-refractivity contribution in [1.82, 2.24) is 5.32 Å². The van der Waals surface area contributed by atoms with Gasteiger partial charge in [-0.3, -0.25) is 9.59 Å². The largest absolute Gasteiger partial charge is 0.496 e. The van der Waals surface area contributed by atoms with E-state index in [4.69, 9.17) is 4.74 Å². The van der Waals surface area contributed by atoms with Crippen LogP contribution < -0.4 is 10.1 Å². The van der Waals surface area contributed by atoms with Crippen molar-refractivity contribution in [3.63, 3.8) is 0 Å². The highest BCUT2D eigenvalue weighted by atomic mass is 16.5. The topological polar surface area (TPSA) is 55.4 Å². The molecular weight excluding hydrogens is 290 g/mol. The van der Waals surface area contributed by atoms with Gasteiger partial charge in [-0.25, -0.2) is 0 Å². The van der Waals surface area contributed by atoms with Crippen LogP contribution in [0.4, 0.5) is 0 Å². The summed E-state index contributed by atoms with van der Waals surface area (Å²) in [4.78, 5) is 24.7. The molecule has 4 nitrogen and oxygen atoms in total. The van der Waals surface area contributed by atoms with Gasteiger partial charge in [0.25, 0.3) is 0 Å². The summed E-state index contributed by atoms with van der Waals surface area (Å²) in [7, 11) is 1.61. The first-order chi connectivity index (χ1) is 11.1. The predicted octanol–water partition coefficient (Wildman–Crippen LogP) is 2.99. The second kappa shape index (κ2) is 6.24. The van der Waals surface area contributed by atoms with Crippen LogP contribution in [0.15, 0.2) is 42.5 Å². The molecule has 118 valence electrons. The zero-order valence-corrected chi connectivity index (χ0v) is 13.3. The molecule has 1 aliphatic carbocycles. The van der Waals surface area contributed by atoms with E-state index in [0.29, 0.717) is 12.1 Å². The van der Waals surface area contributed by atoms with Gasteiger partial charge < -0.3 is 10.1 Å². The number of ether oxygens (including phenoxy) is 1. The minimum absolute atomic E-state index is 0.0427. The van der Waals surface area contributed by atoms with Crippen molar-refractivity contribution in [1.29, 1.82) is 0 Å². The zero-order chi connectivity index (χ0) is 16.4. The fourth-order valence-electron chi connectivity index (χ4n) is 3.16. The van der Waals surface area contributed by atoms with Crippen molar-refractivity contribution >= 4 is 11.7 Å². The summed E-state index contributed by atoms with van der Waals surface area (Å²) in [5, 5.41) is 2.93. The number of carbonyl (C=O) groups is 2. The molecule has 0 bridgehead atoms. The highest BCUT2D eigenvalue weighted by molar-refractivity contribution is 6.07. The molecule has 4 heteroatoms. The maximum atomic E-state index is 12.6. The molecule has 0 spiro atoms. The molecule has 0 heterocycles. The van der Waals surface area contributed by atoms with Crippen molar-refractivity contribution < 1.29 is 14.3 Å². The molecule has 0 radical (unpaired) electrons. The van der Waals surface area contributed by atoms with E-state index < -0.39 is 5.92 Å². The minimum Gasteiger partial charge on any atom is -0.496 e. The first kappa shape index (κ1) is 15.3. The van der Waals surface area contributed by atoms with Crippen molar-refractivity contribution in [3.05, 3.63) is 64.7 Å². The van der Waals surface area contributed by atoms with E-state index in [1.807, 2.05) is 43.3 Å². The van der Waals surface area contributed by atoms with Crippen LogP contribution in [0.5, 0.6) is 5.75 Å². The standard InChI is InChI=1S/C19H19NO3/c1-12-6-5-8-14-16(21)10-15(18(12)14)19(22)20-11-13-7-3-4-9-17(13)23-2/h3-9,15H,10-11H2,1-2H3,(H,20,22). The summed E-state index contributed by atoms with van der Waals surface area (Å²) in [6, 6.07) is 13.2. The molecule has 1 atom stereocenters. The Morgan fingerprint density at radius 2 is 2.00 bits per heavy atom. The molecule has 1 amide bonds. The number of rotatable bonds is 4. The molecule has 3 rings (SSSR count). The Balaban J connectivity index is 1.77. The Morgan fingerprint density at radius 3 is 2.78 bits per heavy atom. The molecule has 1 unspecified atom stereocenters. The van der Waals surface area contributed by atoms with E-state index in [2.05, 4.69) is 5.32 Å². The van der Waals surface area contributed by atoms with Gasteiger partial charge in [0.1, 0.15) is 5.75 Å². The van der Waals surface area contributed by atoms with Gasteiger partial charge in [0.2, 0.25) is 5.91 Å². The molecule has 23 heavy (non-hydrogen) atoms. The fourth-order valence-corrected chi connectivity index (χ4v) is 3.16. The normalized spacial score (nSPS) is 16.1. The number of nitrogens with one attached hydrogen (secondary N) is 1. The van der Waals surface area contributed by atoms with E-state index >= 15 is 0 Å². The second-order valence-electron chi connectivity index (χ2n) is 5.75. The Bertz CT molecular complexity index is 767. The van der Waals surface area contributed by atoms with Crippen LogP contribution in [-0.2, 0) is 11.3 Å². The number of benzene rings is 2. The first-order valence-electron chi connectivity index (χ1n) is 7.64. The summed E-state index contributed by atoms with van der Waals surface area (Å²) in [5.41, 5.74) is 3.46. The zero-order valence-electron chi connectivity index (χ0n) is 13.3. The number of para-hydroxylation sites is 1. The predicted molar refractivity (Wildman–Crippen MR) is 87.7 cm³/mol. The summed E-state index contributed by atoms with van der Waals surface area (Å²) in [6.45, 7) is 2.33. The van der Waals surface area contributed by atoms with Crippen LogP contribution in [0, 0.1) is 6.92 Å². The molecule has 0 saturated heterocycles. The van der Waals surface area contributed by atoms with Crippen molar-refractivity contribution in [2.75, 3.05) is 7.11 Å². The van der Waals surface area contributed by atoms with Gasteiger partial charge in [0, 0.05) is 24.1 Å². The van der Waals surface area contributed by atoms with Gasteiger partial charge in [-0.15, -0.1) is 0 Å². The molecule has 1 aliphatic rings. The number of hydrogen-bond donors (Lipinski definition) is 1. The Hall–Kier alpha value is -2.62. The van der Waals surface area contributed by atoms with Crippen LogP contribution in [0.2, 0.25) is 0 Å². The van der Waals surface area contributed by atoms with E-state index in [1.54, 1.807) is 13.2 Å². The summed E-state index contributed by atoms with van der Waals surface area (Å²) >= 11 is 0. The number of hydrogen-bond acceptors (Lipinski definition) is 3. The van der Waals surface area contributed by atoms with E-state index in [-0.39, 0.29) is 18.1 Å². The van der Waals surface area contributed by atoms with Gasteiger partial charge >= 0.3 is 0 Å². The summed E-state index contributed by atoms with van der Waals surface area (Å²) in [5.74, 6) is 0.277. The quantitative estimate of drug-likeness (QED) is 0.944. The lowest BCUT2D eigenvalue weighted by Gasteiger charge is -2.15. The number of aryl methyl sites for hydroxylation is 1. The number of carbonyl (C=O) groups excluding carboxylic acids is 2. The molecule has 0 aromatic heterocycles. The third kappa shape index (κ3) is 2.84. The molecule has 2 aromatic carbocycles. The maximum absolute atomic E-state index is 12.6. The highest BCUT2D eigenvalue weighted by Gasteiger charge is 2.35. The minimum atomic E-state index is -0.395. The van der Waals surface area contributed by atoms with E-state index in [9.17, 15) is 9.59 Å². The average Bonchev–Trinajstić information content (AvgIpc) is 2.91. The van der Waals surface area contributed by atoms with Crippen molar-refractivity contribution in [3.8, 4) is 5.75 Å². The number of ketones is 1. The Morgan fingerprint density at radius 1 is 1.22 bits per heavy atom. The monoisotopic (exact) mass is 309 g/mol. The Labute approximate surface area is 135 Å². The van der Waals surface area contributed by atoms with Crippen LogP contribution in [0.3, 0.4) is 0 Å². The van der Waals surface area contributed by atoms with Crippen molar-refractivity contribution in [2.45, 2.75) is 25.8 Å². The third-order valence-electron chi connectivity index (χ3n) is 4.32. The second-order valence-corrected chi connectivity index (χ2v) is 5.75. The maximum Gasteiger partial charge on any atom is 0.228 e. The van der Waals surface area contributed by atoms with E-state index in [1.165, 1.54) is 0 Å². The third-order valence-corrected chi connectivity index (χ3v) is 4.32. The van der Waals surface area contributed by atoms with Gasteiger partial charge in [-0.2, -0.15) is 0 Å². The summed E-state index contributed by atoms with van der Waals surface area (Å²) in [6.07, 6.45) is 0.248. The van der Waals surface area contributed by atoms with Gasteiger partial charge in [0.05, 0.1) is 13.0 Å². The van der Waals surface area contributed by atoms with Crippen LogP contribution in [0.25, 0.3) is 0 Å². The molecule has 0 saturated carbocycles. The first-order valence-corrected chi connectivity index (χ1v) is 7.64. The molecule has 1 N–H and O–H groups in total. The lowest BCUT2D eigenvalue weighted by Crippen LogP contribution is -2.28. The lowest BCUT2D eigenvalue weighted by molar-refractivity contribution is -0.122. The Kier molecular flexibility index (Phi) is 4.15. The van der Waals surface area contributed by atoms with Crippen LogP contribution in [0.1, 0.15) is 39.4 Å². The van der Waals surface area contributed by atoms with Gasteiger partial charge in [-0.05, 0) is 24.1 Å². The smallest absolute Gasteiger partial charge is 0.228 e. The number of amides is 1. The summed E-state index contributed by atoms with van der Waals surface area (Å²) < 4.78 is 5.29. The van der Waals surface area contributed by atoms with Crippen LogP contribution >= 0.6 is 0 Å². The van der Waals surface area contributed by atoms with Gasteiger partial charge in [-0.1, -0.05) is 36.4 Å². The molecule has 0 fully saturated rings. The van der Waals surface area contributed by atoms with Gasteiger partial charge in [0.15, 0.2) is 5.78 Å². The van der Waals surface area contributed by atoms with Crippen LogP contribution in [-0.4, -0.2) is 18.8 Å². The highest BCUT2D eigenvalue weighted by Crippen LogP contribution is 2.35. The SMILES string of the molecule is COc1ccccc1CNC(=O)C1CC(=O)c2cccc(C)c21. The number of methoxy groups -OCH3 is 1. The number of Topliss-reactive ketones (excluding diaryl/α,β-unsaturated/α-hetero) is 1. The fraction of sp³-hybridized carbons (Fsp3) is 0.263. The van der Waals surface area contributed by atoms with E-state index in [0.717, 1.165) is 22.4 Å². The average molecular weight is 309 g/mol. The molecular formula is C19H19NO3. The lowest BCUT2D eigenvalue weighted by atomic mass is 9.96. The molecule has 0 aliphatic heterocycles. The molecule has 2 aromatic rings. The van der Waals surface area contributed by atoms with Crippen molar-refractivity contribution in [2.24, 2.45) is 0 Å².